The van der Waals surface area contributed by atoms with E-state index in [4.69, 9.17) is 0 Å². The Labute approximate surface area is 118 Å². The lowest BCUT2D eigenvalue weighted by Crippen LogP contribution is -2.34. The number of rotatable bonds is 2. The van der Waals surface area contributed by atoms with Crippen molar-refractivity contribution in [1.29, 1.82) is 0 Å². The van der Waals surface area contributed by atoms with Crippen molar-refractivity contribution in [1.82, 2.24) is 9.62 Å². The number of anilines is 1. The third-order valence-corrected chi connectivity index (χ3v) is 5.53. The minimum absolute atomic E-state index is 0.0893. The molecule has 3 rings (SSSR count). The van der Waals surface area contributed by atoms with E-state index in [1.165, 1.54) is 4.31 Å². The molecule has 2 N–H and O–H groups in total. The van der Waals surface area contributed by atoms with Gasteiger partial charge in [-0.2, -0.15) is 4.31 Å². The molecule has 1 aromatic carbocycles. The molecule has 0 saturated carbocycles. The van der Waals surface area contributed by atoms with Crippen LogP contribution in [0.5, 0.6) is 0 Å². The number of nitrogens with zero attached hydrogens (tertiary/aromatic N) is 1. The Morgan fingerprint density at radius 1 is 1.15 bits per heavy atom. The first-order valence-electron chi connectivity index (χ1n) is 6.71. The molecule has 1 aromatic rings. The van der Waals surface area contributed by atoms with Crippen LogP contribution in [0.3, 0.4) is 0 Å². The fraction of sp³-hybridized carbons (Fsp3) is 0.462. The number of hydrogen-bond acceptors (Lipinski definition) is 4. The van der Waals surface area contributed by atoms with Gasteiger partial charge in [-0.3, -0.25) is 4.79 Å². The number of carbonyl (C=O) groups is 1. The predicted molar refractivity (Wildman–Crippen MR) is 75.0 cm³/mol. The van der Waals surface area contributed by atoms with Crippen LogP contribution in [-0.4, -0.2) is 44.8 Å². The molecule has 0 bridgehead atoms. The summed E-state index contributed by atoms with van der Waals surface area (Å²) in [6.07, 6.45) is 1.06. The van der Waals surface area contributed by atoms with Crippen LogP contribution < -0.4 is 10.6 Å². The third-order valence-electron chi connectivity index (χ3n) is 3.64. The maximum atomic E-state index is 12.6. The lowest BCUT2D eigenvalue weighted by Gasteiger charge is -2.20. The first kappa shape index (κ1) is 13.5. The number of nitrogens with one attached hydrogen (secondary N) is 2. The molecule has 2 aliphatic rings. The van der Waals surface area contributed by atoms with E-state index >= 15 is 0 Å². The molecule has 0 atom stereocenters. The Bertz CT molecular complexity index is 634. The van der Waals surface area contributed by atoms with Crippen molar-refractivity contribution in [2.24, 2.45) is 0 Å². The maximum absolute atomic E-state index is 12.6. The van der Waals surface area contributed by atoms with E-state index in [0.717, 1.165) is 18.5 Å². The Hall–Kier alpha value is -1.44. The molecule has 1 amide bonds. The van der Waals surface area contributed by atoms with Gasteiger partial charge in [0.15, 0.2) is 0 Å². The minimum atomic E-state index is -3.47. The first-order valence-corrected chi connectivity index (χ1v) is 8.15. The van der Waals surface area contributed by atoms with Gasteiger partial charge in [0.1, 0.15) is 0 Å². The van der Waals surface area contributed by atoms with Crippen molar-refractivity contribution in [3.05, 3.63) is 23.8 Å². The van der Waals surface area contributed by atoms with Gasteiger partial charge in [0.05, 0.1) is 11.3 Å². The second-order valence-corrected chi connectivity index (χ2v) is 6.99. The molecule has 0 aromatic heterocycles. The summed E-state index contributed by atoms with van der Waals surface area (Å²) in [6.45, 7) is 2.53. The summed E-state index contributed by atoms with van der Waals surface area (Å²) >= 11 is 0. The maximum Gasteiger partial charge on any atom is 0.243 e. The van der Waals surface area contributed by atoms with Gasteiger partial charge in [-0.1, -0.05) is 0 Å². The van der Waals surface area contributed by atoms with Gasteiger partial charge in [0.25, 0.3) is 0 Å². The van der Waals surface area contributed by atoms with Gasteiger partial charge in [0, 0.05) is 25.3 Å². The zero-order valence-electron chi connectivity index (χ0n) is 11.1. The molecule has 1 saturated heterocycles. The molecule has 6 nitrogen and oxygen atoms in total. The molecule has 0 radical (unpaired) electrons. The summed E-state index contributed by atoms with van der Waals surface area (Å²) < 4.78 is 26.7. The van der Waals surface area contributed by atoms with Gasteiger partial charge < -0.3 is 10.6 Å². The van der Waals surface area contributed by atoms with E-state index in [2.05, 4.69) is 10.6 Å². The first-order chi connectivity index (χ1) is 9.57. The SMILES string of the molecule is O=C1Cc2cc(S(=O)(=O)N3CCCNCC3)ccc2N1. The van der Waals surface area contributed by atoms with Gasteiger partial charge in [-0.15, -0.1) is 0 Å². The number of hydrogen-bond donors (Lipinski definition) is 2. The second-order valence-electron chi connectivity index (χ2n) is 5.05. The summed E-state index contributed by atoms with van der Waals surface area (Å²) in [5.74, 6) is -0.0893. The van der Waals surface area contributed by atoms with Gasteiger partial charge >= 0.3 is 0 Å². The number of benzene rings is 1. The van der Waals surface area contributed by atoms with Crippen LogP contribution in [0.1, 0.15) is 12.0 Å². The zero-order valence-corrected chi connectivity index (χ0v) is 11.9. The van der Waals surface area contributed by atoms with Crippen molar-refractivity contribution in [3.8, 4) is 0 Å². The Morgan fingerprint density at radius 2 is 2.00 bits per heavy atom. The van der Waals surface area contributed by atoms with Crippen LogP contribution in [0.2, 0.25) is 0 Å². The largest absolute Gasteiger partial charge is 0.326 e. The fourth-order valence-electron chi connectivity index (χ4n) is 2.58. The summed E-state index contributed by atoms with van der Waals surface area (Å²) in [5, 5.41) is 5.90. The quantitative estimate of drug-likeness (QED) is 0.815. The molecular weight excluding hydrogens is 278 g/mol. The highest BCUT2D eigenvalue weighted by Gasteiger charge is 2.27. The lowest BCUT2D eigenvalue weighted by molar-refractivity contribution is -0.115. The van der Waals surface area contributed by atoms with Crippen molar-refractivity contribution < 1.29 is 13.2 Å². The molecule has 1 fully saturated rings. The number of sulfonamides is 1. The average molecular weight is 295 g/mol. The normalized spacial score (nSPS) is 20.3. The molecule has 0 unspecified atom stereocenters. The third kappa shape index (κ3) is 2.44. The average Bonchev–Trinajstić information content (AvgIpc) is 2.63. The van der Waals surface area contributed by atoms with Crippen LogP contribution in [0.25, 0.3) is 0 Å². The van der Waals surface area contributed by atoms with E-state index in [0.29, 0.717) is 25.3 Å². The van der Waals surface area contributed by atoms with Gasteiger partial charge in [0.2, 0.25) is 15.9 Å². The second kappa shape index (κ2) is 5.16. The number of fused-ring (bicyclic) bond motifs is 1. The van der Waals surface area contributed by atoms with Gasteiger partial charge in [-0.25, -0.2) is 8.42 Å². The van der Waals surface area contributed by atoms with Gasteiger partial charge in [-0.05, 0) is 36.7 Å². The van der Waals surface area contributed by atoms with Crippen LogP contribution >= 0.6 is 0 Å². The van der Waals surface area contributed by atoms with E-state index in [9.17, 15) is 13.2 Å². The standard InChI is InChI=1S/C13H17N3O3S/c17-13-9-10-8-11(2-3-12(10)15-13)20(18,19)16-6-1-4-14-5-7-16/h2-3,8,14H,1,4-7,9H2,(H,15,17). The highest BCUT2D eigenvalue weighted by atomic mass is 32.2. The van der Waals surface area contributed by atoms with Crippen LogP contribution in [0.15, 0.2) is 23.1 Å². The van der Waals surface area contributed by atoms with E-state index in [-0.39, 0.29) is 17.2 Å². The van der Waals surface area contributed by atoms with Crippen molar-refractivity contribution in [3.63, 3.8) is 0 Å². The molecule has 2 aliphatic heterocycles. The Kier molecular flexibility index (Phi) is 3.49. The van der Waals surface area contributed by atoms with Crippen LogP contribution in [0.4, 0.5) is 5.69 Å². The van der Waals surface area contributed by atoms with E-state index in [1.54, 1.807) is 18.2 Å². The highest BCUT2D eigenvalue weighted by molar-refractivity contribution is 7.89. The molecule has 20 heavy (non-hydrogen) atoms. The monoisotopic (exact) mass is 295 g/mol. The van der Waals surface area contributed by atoms with E-state index in [1.807, 2.05) is 0 Å². The summed E-state index contributed by atoms with van der Waals surface area (Å²) in [7, 11) is -3.47. The summed E-state index contributed by atoms with van der Waals surface area (Å²) in [4.78, 5) is 11.6. The summed E-state index contributed by atoms with van der Waals surface area (Å²) in [6, 6.07) is 4.85. The van der Waals surface area contributed by atoms with Crippen molar-refractivity contribution >= 4 is 21.6 Å². The molecule has 7 heteroatoms. The van der Waals surface area contributed by atoms with Crippen LogP contribution in [0, 0.1) is 0 Å². The smallest absolute Gasteiger partial charge is 0.243 e. The number of amides is 1. The van der Waals surface area contributed by atoms with E-state index < -0.39 is 10.0 Å². The predicted octanol–water partition coefficient (Wildman–Crippen LogP) is 0.165. The Morgan fingerprint density at radius 3 is 2.85 bits per heavy atom. The topological polar surface area (TPSA) is 78.5 Å². The molecule has 108 valence electrons. The highest BCUT2D eigenvalue weighted by Crippen LogP contribution is 2.27. The fourth-order valence-corrected chi connectivity index (χ4v) is 4.11. The van der Waals surface area contributed by atoms with Crippen molar-refractivity contribution in [2.45, 2.75) is 17.7 Å². The molecule has 0 aliphatic carbocycles. The van der Waals surface area contributed by atoms with Crippen molar-refractivity contribution in [2.75, 3.05) is 31.5 Å². The Balaban J connectivity index is 1.91. The molecular formula is C13H17N3O3S. The lowest BCUT2D eigenvalue weighted by atomic mass is 10.2. The number of carbonyl (C=O) groups excluding carboxylic acids is 1. The molecule has 2 heterocycles. The summed E-state index contributed by atoms with van der Waals surface area (Å²) in [5.41, 5.74) is 1.47. The van der Waals surface area contributed by atoms with Crippen LogP contribution in [-0.2, 0) is 21.2 Å². The zero-order chi connectivity index (χ0) is 14.2. The molecule has 0 spiro atoms. The minimum Gasteiger partial charge on any atom is -0.326 e.